The number of aromatic nitrogens is 2. The summed E-state index contributed by atoms with van der Waals surface area (Å²) in [6.07, 6.45) is -1.27. The Hall–Kier alpha value is -2.13. The van der Waals surface area contributed by atoms with Crippen LogP contribution in [0, 0.1) is 0 Å². The summed E-state index contributed by atoms with van der Waals surface area (Å²) in [7, 11) is 0.498. The van der Waals surface area contributed by atoms with Gasteiger partial charge in [-0.1, -0.05) is 31.8 Å². The zero-order chi connectivity index (χ0) is 24.6. The number of para-hydroxylation sites is 1. The monoisotopic (exact) mass is 479 g/mol. The van der Waals surface area contributed by atoms with Gasteiger partial charge < -0.3 is 14.4 Å². The lowest BCUT2D eigenvalue weighted by atomic mass is 9.87. The molecule has 2 atom stereocenters. The van der Waals surface area contributed by atoms with Gasteiger partial charge in [0.2, 0.25) is 0 Å². The quantitative estimate of drug-likeness (QED) is 0.444. The van der Waals surface area contributed by atoms with Gasteiger partial charge in [0.25, 0.3) is 0 Å². The predicted octanol–water partition coefficient (Wildman–Crippen LogP) is 4.71. The minimum absolute atomic E-state index is 0.0234. The molecule has 1 amide bonds. The molecule has 0 radical (unpaired) electrons. The van der Waals surface area contributed by atoms with E-state index < -0.39 is 31.9 Å². The number of carbonyl (C=O) groups excluding carboxylic acids is 1. The Bertz CT molecular complexity index is 1050. The number of amides is 1. The summed E-state index contributed by atoms with van der Waals surface area (Å²) in [5.41, 5.74) is 1.48. The van der Waals surface area contributed by atoms with Crippen molar-refractivity contribution in [1.29, 1.82) is 0 Å². The molecule has 0 bridgehead atoms. The first-order valence-corrected chi connectivity index (χ1v) is 15.4. The number of ether oxygens (including phenoxy) is 2. The third kappa shape index (κ3) is 6.06. The third-order valence-electron chi connectivity index (χ3n) is 6.00. The second kappa shape index (κ2) is 9.62. The highest BCUT2D eigenvalue weighted by Gasteiger charge is 2.36. The Morgan fingerprint density at radius 2 is 1.94 bits per heavy atom. The van der Waals surface area contributed by atoms with Crippen LogP contribution >= 0.6 is 0 Å². The summed E-state index contributed by atoms with van der Waals surface area (Å²) < 4.78 is 29.8. The second-order valence-electron chi connectivity index (χ2n) is 11.2. The molecule has 1 aliphatic rings. The van der Waals surface area contributed by atoms with Crippen LogP contribution in [0.2, 0.25) is 25.7 Å². The van der Waals surface area contributed by atoms with Crippen LogP contribution in [-0.2, 0) is 23.3 Å². The fourth-order valence-corrected chi connectivity index (χ4v) is 4.97. The Balaban J connectivity index is 1.81. The third-order valence-corrected chi connectivity index (χ3v) is 7.70. The molecule has 9 heteroatoms. The number of aryl methyl sites for hydroxylation is 1. The second-order valence-corrected chi connectivity index (χ2v) is 16.8. The average molecular weight is 480 g/mol. The predicted molar refractivity (Wildman–Crippen MR) is 131 cm³/mol. The fraction of sp³-hybridized carbons (Fsp3) is 0.667. The molecule has 2 aromatic rings. The molecule has 0 aliphatic carbocycles. The maximum atomic E-state index is 15.3. The number of piperidine rings is 1. The minimum Gasteiger partial charge on any atom is -0.444 e. The van der Waals surface area contributed by atoms with Crippen LogP contribution in [0.3, 0.4) is 0 Å². The summed E-state index contributed by atoms with van der Waals surface area (Å²) in [5.74, 6) is -0.401. The van der Waals surface area contributed by atoms with Crippen molar-refractivity contribution in [3.63, 3.8) is 0 Å². The van der Waals surface area contributed by atoms with E-state index in [4.69, 9.17) is 9.47 Å². The topological polar surface area (TPSA) is 65.7 Å². The molecule has 1 saturated heterocycles. The van der Waals surface area contributed by atoms with Gasteiger partial charge >= 0.3 is 11.8 Å². The van der Waals surface area contributed by atoms with Crippen LogP contribution in [0.15, 0.2) is 23.0 Å². The molecular weight excluding hydrogens is 441 g/mol. The van der Waals surface area contributed by atoms with E-state index >= 15 is 4.39 Å². The maximum Gasteiger partial charge on any atom is 0.410 e. The van der Waals surface area contributed by atoms with Crippen molar-refractivity contribution in [2.24, 2.45) is 7.05 Å². The number of rotatable bonds is 6. The summed E-state index contributed by atoms with van der Waals surface area (Å²) in [5, 5.41) is 0. The molecule has 184 valence electrons. The highest BCUT2D eigenvalue weighted by atomic mass is 28.3. The smallest absolute Gasteiger partial charge is 0.410 e. The first kappa shape index (κ1) is 25.5. The molecule has 0 saturated carbocycles. The van der Waals surface area contributed by atoms with E-state index in [2.05, 4.69) is 19.6 Å². The number of hydrogen-bond acceptors (Lipinski definition) is 4. The van der Waals surface area contributed by atoms with Gasteiger partial charge in [-0.2, -0.15) is 0 Å². The number of carbonyl (C=O) groups is 1. The van der Waals surface area contributed by atoms with E-state index in [9.17, 15) is 9.59 Å². The highest BCUT2D eigenvalue weighted by Crippen LogP contribution is 2.35. The van der Waals surface area contributed by atoms with E-state index in [1.165, 1.54) is 4.90 Å². The normalized spacial score (nSPS) is 19.8. The summed E-state index contributed by atoms with van der Waals surface area (Å²) in [6, 6.07) is 6.66. The van der Waals surface area contributed by atoms with Crippen molar-refractivity contribution >= 4 is 25.2 Å². The molecule has 0 spiro atoms. The fourth-order valence-electron chi connectivity index (χ4n) is 4.22. The number of halogens is 1. The number of hydrogen-bond donors (Lipinski definition) is 0. The number of imidazole rings is 1. The molecule has 1 aromatic carbocycles. The van der Waals surface area contributed by atoms with Crippen LogP contribution < -0.4 is 5.69 Å². The molecule has 1 aliphatic heterocycles. The first-order chi connectivity index (χ1) is 15.3. The van der Waals surface area contributed by atoms with Gasteiger partial charge in [-0.25, -0.2) is 14.0 Å². The van der Waals surface area contributed by atoms with Crippen molar-refractivity contribution in [2.75, 3.05) is 19.7 Å². The van der Waals surface area contributed by atoms with Crippen LogP contribution in [0.4, 0.5) is 9.18 Å². The Morgan fingerprint density at radius 3 is 2.55 bits per heavy atom. The Morgan fingerprint density at radius 1 is 1.24 bits per heavy atom. The van der Waals surface area contributed by atoms with Gasteiger partial charge in [0.15, 0.2) is 0 Å². The zero-order valence-electron chi connectivity index (χ0n) is 21.0. The molecule has 1 aromatic heterocycles. The first-order valence-electron chi connectivity index (χ1n) is 11.7. The zero-order valence-corrected chi connectivity index (χ0v) is 22.0. The lowest BCUT2D eigenvalue weighted by Crippen LogP contribution is -2.46. The van der Waals surface area contributed by atoms with E-state index in [0.717, 1.165) is 22.6 Å². The Labute approximate surface area is 196 Å². The van der Waals surface area contributed by atoms with Crippen LogP contribution in [0.25, 0.3) is 11.0 Å². The van der Waals surface area contributed by atoms with Crippen molar-refractivity contribution in [3.8, 4) is 0 Å². The van der Waals surface area contributed by atoms with Crippen molar-refractivity contribution in [1.82, 2.24) is 14.0 Å². The highest BCUT2D eigenvalue weighted by molar-refractivity contribution is 6.76. The molecule has 2 heterocycles. The van der Waals surface area contributed by atoms with Crippen LogP contribution in [0.5, 0.6) is 0 Å². The largest absolute Gasteiger partial charge is 0.444 e. The van der Waals surface area contributed by atoms with Gasteiger partial charge in [-0.15, -0.1) is 0 Å². The molecule has 1 fully saturated rings. The van der Waals surface area contributed by atoms with Gasteiger partial charge in [-0.3, -0.25) is 9.13 Å². The van der Waals surface area contributed by atoms with E-state index in [1.54, 1.807) is 37.0 Å². The Kier molecular flexibility index (Phi) is 7.43. The number of alkyl halides is 1. The number of likely N-dealkylation sites (tertiary alicyclic amines) is 1. The average Bonchev–Trinajstić information content (AvgIpc) is 2.94. The standard InChI is InChI=1S/C24H38FN3O4Si/c1-24(2,3)32-23(30)27-12-11-17(19(25)15-27)18-9-8-10-20-21(18)26(4)22(29)28(20)16-31-13-14-33(5,6)7/h8-10,17,19H,11-16H2,1-7H3/t17-,19+/m0/s1. The number of nitrogens with zero attached hydrogens (tertiary/aromatic N) is 3. The van der Waals surface area contributed by atoms with Crippen LogP contribution in [-0.4, -0.2) is 59.7 Å². The molecule has 7 nitrogen and oxygen atoms in total. The van der Waals surface area contributed by atoms with Gasteiger partial charge in [-0.05, 0) is 44.9 Å². The van der Waals surface area contributed by atoms with Crippen LogP contribution in [0.1, 0.15) is 38.7 Å². The maximum absolute atomic E-state index is 15.3. The molecule has 0 unspecified atom stereocenters. The van der Waals surface area contributed by atoms with E-state index in [-0.39, 0.29) is 19.0 Å². The molecule has 0 N–H and O–H groups in total. The lowest BCUT2D eigenvalue weighted by molar-refractivity contribution is 0.0112. The lowest BCUT2D eigenvalue weighted by Gasteiger charge is -2.36. The summed E-state index contributed by atoms with van der Waals surface area (Å²) in [4.78, 5) is 26.8. The molecule has 33 heavy (non-hydrogen) atoms. The SMILES string of the molecule is Cn1c(=O)n(COCC[Si](C)(C)C)c2cccc([C@@H]3CCN(C(=O)OC(C)(C)C)C[C@H]3F)c21. The summed E-state index contributed by atoms with van der Waals surface area (Å²) in [6.45, 7) is 13.4. The van der Waals surface area contributed by atoms with Crippen molar-refractivity contribution in [3.05, 3.63) is 34.2 Å². The molecular formula is C24H38FN3O4Si. The van der Waals surface area contributed by atoms with Crippen molar-refractivity contribution < 1.29 is 18.7 Å². The summed E-state index contributed by atoms with van der Waals surface area (Å²) >= 11 is 0. The van der Waals surface area contributed by atoms with Gasteiger partial charge in [0.05, 0.1) is 17.6 Å². The minimum atomic E-state index is -1.25. The molecule has 3 rings (SSSR count). The van der Waals surface area contributed by atoms with Gasteiger partial charge in [0, 0.05) is 34.2 Å². The van der Waals surface area contributed by atoms with E-state index in [0.29, 0.717) is 19.6 Å². The van der Waals surface area contributed by atoms with E-state index in [1.807, 2.05) is 18.2 Å². The van der Waals surface area contributed by atoms with Gasteiger partial charge in [0.1, 0.15) is 18.5 Å². The number of fused-ring (bicyclic) bond motifs is 1. The van der Waals surface area contributed by atoms with Crippen molar-refractivity contribution in [2.45, 2.75) is 77.3 Å². The number of benzene rings is 1.